The number of hydrogen-bond donors (Lipinski definition) is 1. The van der Waals surface area contributed by atoms with Crippen molar-refractivity contribution in [1.29, 1.82) is 0 Å². The van der Waals surface area contributed by atoms with E-state index in [2.05, 4.69) is 47.6 Å². The summed E-state index contributed by atoms with van der Waals surface area (Å²) in [5.74, 6) is 0.306. The fraction of sp³-hybridized carbons (Fsp3) is 0.294. The van der Waals surface area contributed by atoms with Crippen molar-refractivity contribution < 1.29 is 0 Å². The van der Waals surface area contributed by atoms with Crippen molar-refractivity contribution >= 4 is 41.3 Å². The van der Waals surface area contributed by atoms with Gasteiger partial charge in [0.2, 0.25) is 0 Å². The molecule has 5 heteroatoms. The van der Waals surface area contributed by atoms with Gasteiger partial charge >= 0.3 is 0 Å². The van der Waals surface area contributed by atoms with E-state index in [9.17, 15) is 0 Å². The highest BCUT2D eigenvalue weighted by atomic mass is 35.5. The van der Waals surface area contributed by atoms with Gasteiger partial charge in [-0.15, -0.1) is 12.4 Å². The average Bonchev–Trinajstić information content (AvgIpc) is 2.47. The standard InChI is InChI=1S/C17H18Cl2N2.ClH/c1-20-13-5-3-11(4-6-13)15-9-21(2)10-16-14(15)7-12(18)8-17(16)19;/h3-8,15,20H,9-10H2,1-2H3;1H. The summed E-state index contributed by atoms with van der Waals surface area (Å²) in [6, 6.07) is 12.5. The van der Waals surface area contributed by atoms with Crippen LogP contribution in [0.5, 0.6) is 0 Å². The highest BCUT2D eigenvalue weighted by molar-refractivity contribution is 6.35. The maximum Gasteiger partial charge on any atom is 0.0468 e. The highest BCUT2D eigenvalue weighted by Gasteiger charge is 2.26. The van der Waals surface area contributed by atoms with Crippen molar-refractivity contribution in [3.05, 3.63) is 63.1 Å². The summed E-state index contributed by atoms with van der Waals surface area (Å²) in [7, 11) is 4.06. The van der Waals surface area contributed by atoms with Gasteiger partial charge in [-0.1, -0.05) is 35.3 Å². The Morgan fingerprint density at radius 1 is 1.14 bits per heavy atom. The van der Waals surface area contributed by atoms with Gasteiger partial charge in [-0.3, -0.25) is 0 Å². The van der Waals surface area contributed by atoms with Crippen molar-refractivity contribution in [3.8, 4) is 0 Å². The molecule has 0 spiro atoms. The quantitative estimate of drug-likeness (QED) is 0.810. The molecule has 1 heterocycles. The number of anilines is 1. The Balaban J connectivity index is 0.00000176. The minimum atomic E-state index is 0. The molecule has 0 fully saturated rings. The molecular formula is C17H19Cl3N2. The van der Waals surface area contributed by atoms with Crippen LogP contribution in [0.15, 0.2) is 36.4 Å². The van der Waals surface area contributed by atoms with Crippen molar-refractivity contribution in [3.63, 3.8) is 0 Å². The molecule has 1 atom stereocenters. The first-order valence-electron chi connectivity index (χ1n) is 7.02. The molecule has 0 radical (unpaired) electrons. The van der Waals surface area contributed by atoms with E-state index in [1.54, 1.807) is 0 Å². The lowest BCUT2D eigenvalue weighted by Crippen LogP contribution is -2.31. The van der Waals surface area contributed by atoms with E-state index in [1.165, 1.54) is 16.7 Å². The number of hydrogen-bond acceptors (Lipinski definition) is 2. The molecule has 1 aliphatic rings. The number of nitrogens with zero attached hydrogens (tertiary/aromatic N) is 1. The third kappa shape index (κ3) is 3.36. The van der Waals surface area contributed by atoms with Crippen LogP contribution in [0, 0.1) is 0 Å². The van der Waals surface area contributed by atoms with Crippen molar-refractivity contribution in [2.45, 2.75) is 12.5 Å². The van der Waals surface area contributed by atoms with Gasteiger partial charge in [0, 0.05) is 41.8 Å². The summed E-state index contributed by atoms with van der Waals surface area (Å²) in [6.45, 7) is 1.85. The fourth-order valence-corrected chi connectivity index (χ4v) is 3.58. The molecule has 2 nitrogen and oxygen atoms in total. The van der Waals surface area contributed by atoms with E-state index in [1.807, 2.05) is 13.1 Å². The second kappa shape index (κ2) is 7.10. The Morgan fingerprint density at radius 2 is 1.82 bits per heavy atom. The number of benzene rings is 2. The molecule has 0 aliphatic carbocycles. The third-order valence-corrected chi connectivity index (χ3v) is 4.65. The van der Waals surface area contributed by atoms with E-state index in [0.29, 0.717) is 10.9 Å². The third-order valence-electron chi connectivity index (χ3n) is 4.09. The zero-order chi connectivity index (χ0) is 15.0. The van der Waals surface area contributed by atoms with Gasteiger partial charge in [-0.05, 0) is 48.0 Å². The van der Waals surface area contributed by atoms with Gasteiger partial charge in [0.05, 0.1) is 0 Å². The molecule has 2 aromatic carbocycles. The smallest absolute Gasteiger partial charge is 0.0468 e. The number of fused-ring (bicyclic) bond motifs is 1. The monoisotopic (exact) mass is 356 g/mol. The predicted molar refractivity (Wildman–Crippen MR) is 97.9 cm³/mol. The van der Waals surface area contributed by atoms with Gasteiger partial charge < -0.3 is 10.2 Å². The zero-order valence-corrected chi connectivity index (χ0v) is 14.9. The molecule has 2 aromatic rings. The first kappa shape index (κ1) is 17.4. The van der Waals surface area contributed by atoms with Crippen molar-refractivity contribution in [2.24, 2.45) is 0 Å². The summed E-state index contributed by atoms with van der Waals surface area (Å²) >= 11 is 12.6. The fourth-order valence-electron chi connectivity index (χ4n) is 3.01. The summed E-state index contributed by atoms with van der Waals surface area (Å²) in [4.78, 5) is 2.30. The Morgan fingerprint density at radius 3 is 2.45 bits per heavy atom. The average molecular weight is 358 g/mol. The molecule has 0 saturated carbocycles. The lowest BCUT2D eigenvalue weighted by atomic mass is 9.85. The second-order valence-electron chi connectivity index (χ2n) is 5.58. The molecule has 0 aromatic heterocycles. The molecule has 3 rings (SSSR count). The molecule has 0 saturated heterocycles. The molecule has 1 N–H and O–H groups in total. The first-order valence-corrected chi connectivity index (χ1v) is 7.78. The van der Waals surface area contributed by atoms with Gasteiger partial charge in [0.15, 0.2) is 0 Å². The first-order chi connectivity index (χ1) is 10.1. The largest absolute Gasteiger partial charge is 0.388 e. The molecule has 0 bridgehead atoms. The van der Waals surface area contributed by atoms with Gasteiger partial charge in [-0.25, -0.2) is 0 Å². The SMILES string of the molecule is CNc1ccc(C2CN(C)Cc3c(Cl)cc(Cl)cc32)cc1.Cl. The predicted octanol–water partition coefficient (Wildman–Crippen LogP) is 5.03. The Hall–Kier alpha value is -0.930. The van der Waals surface area contributed by atoms with Gasteiger partial charge in [-0.2, -0.15) is 0 Å². The molecule has 1 aliphatic heterocycles. The van der Waals surface area contributed by atoms with E-state index >= 15 is 0 Å². The summed E-state index contributed by atoms with van der Waals surface area (Å²) < 4.78 is 0. The minimum Gasteiger partial charge on any atom is -0.388 e. The summed E-state index contributed by atoms with van der Waals surface area (Å²) in [6.07, 6.45) is 0. The normalized spacial score (nSPS) is 17.5. The topological polar surface area (TPSA) is 15.3 Å². The second-order valence-corrected chi connectivity index (χ2v) is 6.42. The van der Waals surface area contributed by atoms with E-state index < -0.39 is 0 Å². The molecule has 1 unspecified atom stereocenters. The summed E-state index contributed by atoms with van der Waals surface area (Å²) in [5.41, 5.74) is 4.85. The number of likely N-dealkylation sites (N-methyl/N-ethyl adjacent to an activating group) is 1. The van der Waals surface area contributed by atoms with Crippen LogP contribution in [-0.2, 0) is 6.54 Å². The Bertz CT molecular complexity index is 656. The van der Waals surface area contributed by atoms with Crippen LogP contribution in [0.2, 0.25) is 10.0 Å². The van der Waals surface area contributed by atoms with E-state index in [-0.39, 0.29) is 12.4 Å². The zero-order valence-electron chi connectivity index (χ0n) is 12.6. The maximum absolute atomic E-state index is 6.39. The van der Waals surface area contributed by atoms with Crippen LogP contribution in [0.4, 0.5) is 5.69 Å². The lowest BCUT2D eigenvalue weighted by molar-refractivity contribution is 0.295. The van der Waals surface area contributed by atoms with Gasteiger partial charge in [0.25, 0.3) is 0 Å². The molecular weight excluding hydrogens is 339 g/mol. The summed E-state index contributed by atoms with van der Waals surface area (Å²) in [5, 5.41) is 4.62. The van der Waals surface area contributed by atoms with E-state index in [0.717, 1.165) is 23.8 Å². The van der Waals surface area contributed by atoms with Crippen LogP contribution >= 0.6 is 35.6 Å². The lowest BCUT2D eigenvalue weighted by Gasteiger charge is -2.33. The number of halogens is 3. The Kier molecular flexibility index (Phi) is 5.62. The minimum absolute atomic E-state index is 0. The van der Waals surface area contributed by atoms with Crippen LogP contribution in [-0.4, -0.2) is 25.5 Å². The highest BCUT2D eigenvalue weighted by Crippen LogP contribution is 2.38. The van der Waals surface area contributed by atoms with Crippen molar-refractivity contribution in [1.82, 2.24) is 4.90 Å². The van der Waals surface area contributed by atoms with Gasteiger partial charge in [0.1, 0.15) is 0 Å². The van der Waals surface area contributed by atoms with Crippen LogP contribution in [0.3, 0.4) is 0 Å². The molecule has 0 amide bonds. The maximum atomic E-state index is 6.39. The number of nitrogens with one attached hydrogen (secondary N) is 1. The molecule has 22 heavy (non-hydrogen) atoms. The van der Waals surface area contributed by atoms with Crippen LogP contribution < -0.4 is 5.32 Å². The van der Waals surface area contributed by atoms with Crippen molar-refractivity contribution in [2.75, 3.05) is 26.0 Å². The Labute approximate surface area is 147 Å². The van der Waals surface area contributed by atoms with Crippen LogP contribution in [0.1, 0.15) is 22.6 Å². The van der Waals surface area contributed by atoms with E-state index in [4.69, 9.17) is 23.2 Å². The van der Waals surface area contributed by atoms with Crippen LogP contribution in [0.25, 0.3) is 0 Å². The molecule has 118 valence electrons. The number of rotatable bonds is 2.